The van der Waals surface area contributed by atoms with Gasteiger partial charge in [-0.15, -0.1) is 0 Å². The molecule has 3 fully saturated rings. The predicted molar refractivity (Wildman–Crippen MR) is 74.4 cm³/mol. The highest BCUT2D eigenvalue weighted by Crippen LogP contribution is 2.65. The van der Waals surface area contributed by atoms with Crippen molar-refractivity contribution in [3.05, 3.63) is 35.9 Å². The monoisotopic (exact) mass is 241 g/mol. The fourth-order valence-corrected chi connectivity index (χ4v) is 4.80. The fourth-order valence-electron chi connectivity index (χ4n) is 4.80. The van der Waals surface area contributed by atoms with Crippen LogP contribution < -0.4 is 5.32 Å². The van der Waals surface area contributed by atoms with E-state index in [1.807, 2.05) is 0 Å². The lowest BCUT2D eigenvalue weighted by molar-refractivity contribution is 0.456. The number of benzene rings is 1. The van der Waals surface area contributed by atoms with Crippen LogP contribution in [0.3, 0.4) is 0 Å². The minimum atomic E-state index is 0.909. The lowest BCUT2D eigenvalue weighted by atomic mass is 10.0. The summed E-state index contributed by atoms with van der Waals surface area (Å²) in [5.74, 6) is 4.37. The third kappa shape index (κ3) is 1.80. The summed E-state index contributed by atoms with van der Waals surface area (Å²) in [6.45, 7) is 1.21. The summed E-state index contributed by atoms with van der Waals surface area (Å²) >= 11 is 0. The Morgan fingerprint density at radius 1 is 1.00 bits per heavy atom. The molecule has 0 radical (unpaired) electrons. The molecule has 0 aliphatic heterocycles. The first-order valence-corrected chi connectivity index (χ1v) is 7.71. The molecule has 1 aromatic rings. The van der Waals surface area contributed by atoms with Gasteiger partial charge in [0.1, 0.15) is 0 Å². The fraction of sp³-hybridized carbons (Fsp3) is 0.647. The third-order valence-electron chi connectivity index (χ3n) is 5.60. The number of nitrogens with one attached hydrogen (secondary N) is 1. The number of aryl methyl sites for hydroxylation is 1. The molecule has 3 aliphatic rings. The van der Waals surface area contributed by atoms with Gasteiger partial charge in [0.05, 0.1) is 0 Å². The smallest absolute Gasteiger partial charge is 0.0135 e. The lowest BCUT2D eigenvalue weighted by Gasteiger charge is -2.10. The molecule has 3 saturated carbocycles. The van der Waals surface area contributed by atoms with Crippen molar-refractivity contribution in [2.45, 2.75) is 38.1 Å². The Balaban J connectivity index is 1.20. The van der Waals surface area contributed by atoms with Crippen molar-refractivity contribution in [2.75, 3.05) is 6.54 Å². The van der Waals surface area contributed by atoms with E-state index in [-0.39, 0.29) is 0 Å². The molecule has 1 N–H and O–H groups in total. The van der Waals surface area contributed by atoms with Crippen LogP contribution in [0.1, 0.15) is 31.2 Å². The molecule has 96 valence electrons. The third-order valence-corrected chi connectivity index (χ3v) is 5.60. The van der Waals surface area contributed by atoms with Gasteiger partial charge in [-0.25, -0.2) is 0 Å². The number of rotatable bonds is 5. The average Bonchev–Trinajstić information content (AvgIpc) is 2.81. The molecular weight excluding hydrogens is 218 g/mol. The van der Waals surface area contributed by atoms with Crippen LogP contribution in [0.15, 0.2) is 30.3 Å². The molecule has 18 heavy (non-hydrogen) atoms. The molecule has 4 unspecified atom stereocenters. The van der Waals surface area contributed by atoms with Crippen LogP contribution in [0.2, 0.25) is 0 Å². The van der Waals surface area contributed by atoms with Crippen molar-refractivity contribution in [3.63, 3.8) is 0 Å². The van der Waals surface area contributed by atoms with Gasteiger partial charge < -0.3 is 5.32 Å². The molecule has 3 aliphatic carbocycles. The molecule has 1 nitrogen and oxygen atoms in total. The first-order chi connectivity index (χ1) is 8.93. The molecule has 4 atom stereocenters. The highest BCUT2D eigenvalue weighted by Gasteiger charge is 2.64. The van der Waals surface area contributed by atoms with Crippen LogP contribution in [0.4, 0.5) is 0 Å². The highest BCUT2D eigenvalue weighted by atomic mass is 15.0. The molecule has 0 amide bonds. The maximum absolute atomic E-state index is 3.83. The SMILES string of the molecule is c1ccc(CCCNC2C3C4CCC(C4)C23)cc1. The Bertz CT molecular complexity index is 397. The molecule has 0 heterocycles. The van der Waals surface area contributed by atoms with E-state index in [0.717, 1.165) is 29.7 Å². The minimum absolute atomic E-state index is 0.909. The molecule has 0 spiro atoms. The number of fused-ring (bicyclic) bond motifs is 5. The summed E-state index contributed by atoms with van der Waals surface area (Å²) in [4.78, 5) is 0. The van der Waals surface area contributed by atoms with E-state index >= 15 is 0 Å². The Hall–Kier alpha value is -0.820. The zero-order chi connectivity index (χ0) is 11.9. The van der Waals surface area contributed by atoms with E-state index in [0.29, 0.717) is 0 Å². The second kappa shape index (κ2) is 4.38. The molecule has 4 rings (SSSR count). The van der Waals surface area contributed by atoms with Gasteiger partial charge in [0, 0.05) is 6.04 Å². The topological polar surface area (TPSA) is 12.0 Å². The first kappa shape index (κ1) is 11.0. The second-order valence-electron chi connectivity index (χ2n) is 6.56. The van der Waals surface area contributed by atoms with E-state index in [9.17, 15) is 0 Å². The van der Waals surface area contributed by atoms with Gasteiger partial charge in [-0.3, -0.25) is 0 Å². The van der Waals surface area contributed by atoms with Gasteiger partial charge in [-0.2, -0.15) is 0 Å². The minimum Gasteiger partial charge on any atom is -0.313 e. The molecule has 0 saturated heterocycles. The Morgan fingerprint density at radius 3 is 2.44 bits per heavy atom. The largest absolute Gasteiger partial charge is 0.313 e. The van der Waals surface area contributed by atoms with Crippen molar-refractivity contribution < 1.29 is 0 Å². The Morgan fingerprint density at radius 2 is 1.72 bits per heavy atom. The van der Waals surface area contributed by atoms with E-state index in [2.05, 4.69) is 35.6 Å². The quantitative estimate of drug-likeness (QED) is 0.780. The zero-order valence-electron chi connectivity index (χ0n) is 11.0. The van der Waals surface area contributed by atoms with Crippen LogP contribution in [-0.4, -0.2) is 12.6 Å². The molecular formula is C17H23N. The van der Waals surface area contributed by atoms with Gasteiger partial charge in [0.25, 0.3) is 0 Å². The zero-order valence-corrected chi connectivity index (χ0v) is 11.0. The van der Waals surface area contributed by atoms with Crippen LogP contribution >= 0.6 is 0 Å². The first-order valence-electron chi connectivity index (χ1n) is 7.71. The van der Waals surface area contributed by atoms with Crippen LogP contribution in [0.25, 0.3) is 0 Å². The predicted octanol–water partition coefficient (Wildman–Crippen LogP) is 3.25. The molecule has 1 heteroatoms. The Labute approximate surface area is 110 Å². The second-order valence-corrected chi connectivity index (χ2v) is 6.56. The molecule has 1 aromatic carbocycles. The van der Waals surface area contributed by atoms with Crippen LogP contribution in [0, 0.1) is 23.7 Å². The summed E-state index contributed by atoms with van der Waals surface area (Å²) in [6.07, 6.45) is 7.15. The maximum Gasteiger partial charge on any atom is 0.0135 e. The van der Waals surface area contributed by atoms with Gasteiger partial charge in [-0.1, -0.05) is 30.3 Å². The molecule has 0 aromatic heterocycles. The number of hydrogen-bond donors (Lipinski definition) is 1. The number of hydrogen-bond acceptors (Lipinski definition) is 1. The van der Waals surface area contributed by atoms with E-state index in [4.69, 9.17) is 0 Å². The van der Waals surface area contributed by atoms with E-state index in [1.165, 1.54) is 37.8 Å². The summed E-state index contributed by atoms with van der Waals surface area (Å²) in [5, 5.41) is 3.83. The maximum atomic E-state index is 3.83. The lowest BCUT2D eigenvalue weighted by Crippen LogP contribution is -2.24. The van der Waals surface area contributed by atoms with E-state index in [1.54, 1.807) is 6.42 Å². The average molecular weight is 241 g/mol. The Kier molecular flexibility index (Phi) is 2.69. The van der Waals surface area contributed by atoms with Crippen molar-refractivity contribution in [1.82, 2.24) is 5.32 Å². The van der Waals surface area contributed by atoms with Crippen molar-refractivity contribution >= 4 is 0 Å². The normalized spacial score (nSPS) is 39.9. The summed E-state index contributed by atoms with van der Waals surface area (Å²) in [5.41, 5.74) is 1.48. The van der Waals surface area contributed by atoms with Crippen LogP contribution in [-0.2, 0) is 6.42 Å². The van der Waals surface area contributed by atoms with Crippen molar-refractivity contribution in [2.24, 2.45) is 23.7 Å². The molecule has 2 bridgehead atoms. The summed E-state index contributed by atoms with van der Waals surface area (Å²) < 4.78 is 0. The van der Waals surface area contributed by atoms with E-state index < -0.39 is 0 Å². The van der Waals surface area contributed by atoms with Gasteiger partial charge >= 0.3 is 0 Å². The standard InChI is InChI=1S/C17H23N/c1-2-5-12(6-3-1)7-4-10-18-17-15-13-8-9-14(11-13)16(15)17/h1-3,5-6,13-18H,4,7-11H2. The highest BCUT2D eigenvalue weighted by molar-refractivity contribution is 5.17. The van der Waals surface area contributed by atoms with Gasteiger partial charge in [0.2, 0.25) is 0 Å². The summed E-state index contributed by atoms with van der Waals surface area (Å²) in [6, 6.07) is 11.8. The van der Waals surface area contributed by atoms with Gasteiger partial charge in [0.15, 0.2) is 0 Å². The van der Waals surface area contributed by atoms with Crippen molar-refractivity contribution in [3.8, 4) is 0 Å². The van der Waals surface area contributed by atoms with Crippen LogP contribution in [0.5, 0.6) is 0 Å². The summed E-state index contributed by atoms with van der Waals surface area (Å²) in [7, 11) is 0. The van der Waals surface area contributed by atoms with Crippen molar-refractivity contribution in [1.29, 1.82) is 0 Å². The van der Waals surface area contributed by atoms with Gasteiger partial charge in [-0.05, 0) is 67.9 Å².